The SMILES string of the molecule is C[C+]=NC(=N)c1c(F)cc(Cl)cc1-c1cnc(CNC(=O)NO)c(F)c1. The minimum atomic E-state index is -0.920. The first kappa shape index (κ1) is 19.3. The van der Waals surface area contributed by atoms with E-state index in [4.69, 9.17) is 22.2 Å². The summed E-state index contributed by atoms with van der Waals surface area (Å²) in [5.41, 5.74) is 1.38. The number of rotatable bonds is 4. The van der Waals surface area contributed by atoms with Gasteiger partial charge in [-0.3, -0.25) is 10.2 Å². The fourth-order valence-electron chi connectivity index (χ4n) is 2.16. The smallest absolute Gasteiger partial charge is 0.331 e. The molecule has 0 saturated carbocycles. The van der Waals surface area contributed by atoms with Gasteiger partial charge in [-0.1, -0.05) is 11.6 Å². The van der Waals surface area contributed by atoms with Gasteiger partial charge < -0.3 is 5.32 Å². The van der Waals surface area contributed by atoms with Crippen molar-refractivity contribution in [3.8, 4) is 11.1 Å². The Hall–Kier alpha value is -3.00. The van der Waals surface area contributed by atoms with Crippen molar-refractivity contribution in [2.24, 2.45) is 4.99 Å². The van der Waals surface area contributed by atoms with Gasteiger partial charge in [0.25, 0.3) is 0 Å². The lowest BCUT2D eigenvalue weighted by Crippen LogP contribution is -2.33. The maximum absolute atomic E-state index is 14.3. The fourth-order valence-corrected chi connectivity index (χ4v) is 2.36. The second-order valence-corrected chi connectivity index (χ2v) is 5.38. The molecular weight excluding hydrogens is 368 g/mol. The summed E-state index contributed by atoms with van der Waals surface area (Å²) in [6, 6.07) is 2.54. The molecule has 0 fully saturated rings. The molecule has 0 spiro atoms. The van der Waals surface area contributed by atoms with E-state index in [9.17, 15) is 13.6 Å². The van der Waals surface area contributed by atoms with Crippen molar-refractivity contribution >= 4 is 29.7 Å². The zero-order valence-corrected chi connectivity index (χ0v) is 14.2. The lowest BCUT2D eigenvalue weighted by molar-refractivity contribution is 0.161. The van der Waals surface area contributed by atoms with Gasteiger partial charge in [-0.15, -0.1) is 0 Å². The van der Waals surface area contributed by atoms with Crippen LogP contribution in [0.15, 0.2) is 29.4 Å². The van der Waals surface area contributed by atoms with Crippen molar-refractivity contribution in [3.05, 3.63) is 52.3 Å². The highest BCUT2D eigenvalue weighted by Gasteiger charge is 2.23. The van der Waals surface area contributed by atoms with Gasteiger partial charge >= 0.3 is 11.9 Å². The van der Waals surface area contributed by atoms with Gasteiger partial charge in [0.2, 0.25) is 0 Å². The van der Waals surface area contributed by atoms with Crippen LogP contribution >= 0.6 is 11.6 Å². The molecule has 1 aromatic heterocycles. The van der Waals surface area contributed by atoms with Crippen molar-refractivity contribution in [2.75, 3.05) is 0 Å². The molecule has 134 valence electrons. The third kappa shape index (κ3) is 4.34. The summed E-state index contributed by atoms with van der Waals surface area (Å²) >= 11 is 5.88. The Balaban J connectivity index is 2.47. The number of pyridine rings is 1. The Kier molecular flexibility index (Phi) is 6.24. The number of hydrogen-bond acceptors (Lipinski definition) is 4. The van der Waals surface area contributed by atoms with Crippen LogP contribution in [0.25, 0.3) is 11.1 Å². The highest BCUT2D eigenvalue weighted by Crippen LogP contribution is 2.30. The third-order valence-corrected chi connectivity index (χ3v) is 3.48. The largest absolute Gasteiger partial charge is 0.338 e. The summed E-state index contributed by atoms with van der Waals surface area (Å²) in [6.07, 6.45) is 3.63. The molecule has 2 rings (SSSR count). The number of nitrogens with one attached hydrogen (secondary N) is 3. The number of aromatic nitrogens is 1. The highest BCUT2D eigenvalue weighted by atomic mass is 35.5. The molecule has 0 aliphatic carbocycles. The Labute approximate surface area is 152 Å². The molecule has 10 heteroatoms. The maximum atomic E-state index is 14.3. The molecule has 0 aliphatic heterocycles. The van der Waals surface area contributed by atoms with E-state index in [1.165, 1.54) is 24.7 Å². The molecule has 7 nitrogen and oxygen atoms in total. The average Bonchev–Trinajstić information content (AvgIpc) is 2.59. The topological polar surface area (TPSA) is 110 Å². The molecule has 0 radical (unpaired) electrons. The van der Waals surface area contributed by atoms with Crippen LogP contribution in [0.5, 0.6) is 0 Å². The first-order chi connectivity index (χ1) is 12.4. The first-order valence-electron chi connectivity index (χ1n) is 7.15. The van der Waals surface area contributed by atoms with Crippen LogP contribution < -0.4 is 10.8 Å². The highest BCUT2D eigenvalue weighted by molar-refractivity contribution is 6.31. The van der Waals surface area contributed by atoms with Gasteiger partial charge in [0, 0.05) is 27.3 Å². The van der Waals surface area contributed by atoms with Crippen molar-refractivity contribution in [1.82, 2.24) is 15.8 Å². The van der Waals surface area contributed by atoms with E-state index in [0.717, 1.165) is 12.1 Å². The van der Waals surface area contributed by atoms with Crippen LogP contribution in [-0.4, -0.2) is 28.3 Å². The zero-order chi connectivity index (χ0) is 19.3. The van der Waals surface area contributed by atoms with Crippen LogP contribution in [-0.2, 0) is 6.54 Å². The second kappa shape index (κ2) is 8.39. The number of halogens is 3. The van der Waals surface area contributed by atoms with Gasteiger partial charge in [-0.25, -0.2) is 19.1 Å². The number of urea groups is 1. The zero-order valence-electron chi connectivity index (χ0n) is 13.4. The molecule has 1 aromatic carbocycles. The van der Waals surface area contributed by atoms with Crippen molar-refractivity contribution in [3.63, 3.8) is 0 Å². The second-order valence-electron chi connectivity index (χ2n) is 4.94. The average molecular weight is 381 g/mol. The molecule has 0 aliphatic rings. The Morgan fingerprint density at radius 2 is 2.12 bits per heavy atom. The first-order valence-corrected chi connectivity index (χ1v) is 7.53. The van der Waals surface area contributed by atoms with Crippen molar-refractivity contribution in [2.45, 2.75) is 13.5 Å². The van der Waals surface area contributed by atoms with Crippen LogP contribution in [0.2, 0.25) is 5.02 Å². The number of aliphatic imine (C=N–C) groups is 1. The third-order valence-electron chi connectivity index (χ3n) is 3.26. The molecule has 2 amide bonds. The van der Waals surface area contributed by atoms with Crippen LogP contribution in [0.4, 0.5) is 13.6 Å². The molecule has 2 aromatic rings. The monoisotopic (exact) mass is 380 g/mol. The van der Waals surface area contributed by atoms with Gasteiger partial charge in [0.15, 0.2) is 12.0 Å². The lowest BCUT2D eigenvalue weighted by atomic mass is 9.99. The summed E-state index contributed by atoms with van der Waals surface area (Å²) in [4.78, 5) is 18.4. The normalized spacial score (nSPS) is 10.5. The Morgan fingerprint density at radius 1 is 1.38 bits per heavy atom. The van der Waals surface area contributed by atoms with Gasteiger partial charge in [0.1, 0.15) is 11.4 Å². The van der Waals surface area contributed by atoms with E-state index in [0.29, 0.717) is 0 Å². The number of hydroxylamine groups is 1. The van der Waals surface area contributed by atoms with Crippen molar-refractivity contribution in [1.29, 1.82) is 5.41 Å². The number of carbonyl (C=O) groups is 1. The van der Waals surface area contributed by atoms with E-state index in [-0.39, 0.29) is 34.0 Å². The molecule has 0 atom stereocenters. The number of amidine groups is 1. The summed E-state index contributed by atoms with van der Waals surface area (Å²) in [5.74, 6) is -1.96. The van der Waals surface area contributed by atoms with E-state index in [2.05, 4.69) is 21.5 Å². The number of nitrogens with zero attached hydrogens (tertiary/aromatic N) is 2. The van der Waals surface area contributed by atoms with Crippen LogP contribution in [0, 0.1) is 17.0 Å². The number of benzene rings is 1. The molecule has 0 bridgehead atoms. The lowest BCUT2D eigenvalue weighted by Gasteiger charge is -2.09. The van der Waals surface area contributed by atoms with E-state index in [1.807, 2.05) is 0 Å². The van der Waals surface area contributed by atoms with Crippen LogP contribution in [0.3, 0.4) is 0 Å². The van der Waals surface area contributed by atoms with Gasteiger partial charge in [0.05, 0.1) is 19.2 Å². The Morgan fingerprint density at radius 3 is 2.73 bits per heavy atom. The van der Waals surface area contributed by atoms with E-state index in [1.54, 1.807) is 0 Å². The number of amides is 2. The predicted molar refractivity (Wildman–Crippen MR) is 91.7 cm³/mol. The summed E-state index contributed by atoms with van der Waals surface area (Å²) < 4.78 is 28.6. The molecule has 4 N–H and O–H groups in total. The minimum Gasteiger partial charge on any atom is -0.331 e. The molecule has 1 heterocycles. The standard InChI is InChI=1S/C16H12ClF2N5O2/c1-2-21-15(20)14-10(4-9(17)5-12(14)19)8-3-11(18)13(22-6-8)7-23-16(25)24-26/h3-6,20H,7H2,1H3,(H2-,23,24,25,26)/p+1. The summed E-state index contributed by atoms with van der Waals surface area (Å²) in [6.45, 7) is 1.17. The minimum absolute atomic E-state index is 0.0595. The fraction of sp³-hybridized carbons (Fsp3) is 0.125. The summed E-state index contributed by atoms with van der Waals surface area (Å²) in [5, 5.41) is 18.5. The quantitative estimate of drug-likeness (QED) is 0.215. The summed E-state index contributed by atoms with van der Waals surface area (Å²) in [7, 11) is 0. The van der Waals surface area contributed by atoms with Crippen molar-refractivity contribution < 1.29 is 18.8 Å². The molecule has 0 saturated heterocycles. The number of hydrogen-bond donors (Lipinski definition) is 4. The van der Waals surface area contributed by atoms with E-state index < -0.39 is 23.5 Å². The molecule has 26 heavy (non-hydrogen) atoms. The predicted octanol–water partition coefficient (Wildman–Crippen LogP) is 3.16. The maximum Gasteiger partial charge on any atom is 0.338 e. The molecule has 0 unspecified atom stereocenters. The van der Waals surface area contributed by atoms with Crippen LogP contribution in [0.1, 0.15) is 18.2 Å². The van der Waals surface area contributed by atoms with Gasteiger partial charge in [-0.2, -0.15) is 5.41 Å². The van der Waals surface area contributed by atoms with E-state index >= 15 is 0 Å². The Bertz CT molecular complexity index is 889. The molecular formula is C16H13ClF2N5O2+. The number of carbonyl (C=O) groups excluding carboxylic acids is 1. The van der Waals surface area contributed by atoms with Gasteiger partial charge in [-0.05, 0) is 18.2 Å².